The molecule has 3 nitrogen and oxygen atoms in total. The molecule has 18 heavy (non-hydrogen) atoms. The van der Waals surface area contributed by atoms with Gasteiger partial charge in [0.05, 0.1) is 0 Å². The van der Waals surface area contributed by atoms with E-state index >= 15 is 0 Å². The molecule has 1 unspecified atom stereocenters. The van der Waals surface area contributed by atoms with Crippen LogP contribution in [0.15, 0.2) is 18.3 Å². The van der Waals surface area contributed by atoms with Gasteiger partial charge in [0.1, 0.15) is 5.82 Å². The number of hydrogen-bond acceptors (Lipinski definition) is 3. The molecule has 1 fully saturated rings. The molecule has 0 saturated carbocycles. The Morgan fingerprint density at radius 3 is 2.94 bits per heavy atom. The molecule has 0 aromatic carbocycles. The van der Waals surface area contributed by atoms with Crippen molar-refractivity contribution >= 4 is 5.82 Å². The van der Waals surface area contributed by atoms with Gasteiger partial charge in [-0.15, -0.1) is 0 Å². The summed E-state index contributed by atoms with van der Waals surface area (Å²) in [6.45, 7) is 7.65. The van der Waals surface area contributed by atoms with Gasteiger partial charge >= 0.3 is 0 Å². The monoisotopic (exact) mass is 247 g/mol. The first-order valence-corrected chi connectivity index (χ1v) is 7.23. The Morgan fingerprint density at radius 1 is 1.39 bits per heavy atom. The average Bonchev–Trinajstić information content (AvgIpc) is 2.41. The fraction of sp³-hybridized carbons (Fsp3) is 0.667. The number of anilines is 1. The van der Waals surface area contributed by atoms with Gasteiger partial charge in [-0.1, -0.05) is 13.0 Å². The maximum absolute atomic E-state index is 4.62. The first-order valence-electron chi connectivity index (χ1n) is 7.23. The third-order valence-corrected chi connectivity index (χ3v) is 3.66. The van der Waals surface area contributed by atoms with Crippen molar-refractivity contribution in [3.05, 3.63) is 23.9 Å². The molecule has 2 heterocycles. The first kappa shape index (κ1) is 13.3. The summed E-state index contributed by atoms with van der Waals surface area (Å²) in [6.07, 6.45) is 7.14. The Kier molecular flexibility index (Phi) is 5.00. The summed E-state index contributed by atoms with van der Waals surface area (Å²) in [6, 6.07) is 5.01. The van der Waals surface area contributed by atoms with Crippen LogP contribution in [0, 0.1) is 0 Å². The minimum atomic E-state index is 0.635. The van der Waals surface area contributed by atoms with E-state index in [-0.39, 0.29) is 0 Å². The van der Waals surface area contributed by atoms with Crippen LogP contribution >= 0.6 is 0 Å². The van der Waals surface area contributed by atoms with E-state index in [9.17, 15) is 0 Å². The molecule has 0 amide bonds. The summed E-state index contributed by atoms with van der Waals surface area (Å²) in [4.78, 5) is 7.05. The normalized spacial score (nSPS) is 20.1. The van der Waals surface area contributed by atoms with Crippen LogP contribution < -0.4 is 10.2 Å². The predicted molar refractivity (Wildman–Crippen MR) is 76.9 cm³/mol. The van der Waals surface area contributed by atoms with Gasteiger partial charge in [0.15, 0.2) is 0 Å². The number of aromatic nitrogens is 1. The SMILES string of the molecule is CCCNCc1ccc(N2CCCCC2C)nc1. The van der Waals surface area contributed by atoms with Crippen molar-refractivity contribution in [1.82, 2.24) is 10.3 Å². The highest BCUT2D eigenvalue weighted by molar-refractivity contribution is 5.40. The molecule has 0 radical (unpaired) electrons. The van der Waals surface area contributed by atoms with E-state index < -0.39 is 0 Å². The van der Waals surface area contributed by atoms with E-state index in [4.69, 9.17) is 0 Å². The first-order chi connectivity index (χ1) is 8.81. The van der Waals surface area contributed by atoms with Crippen molar-refractivity contribution in [2.24, 2.45) is 0 Å². The van der Waals surface area contributed by atoms with Gasteiger partial charge in [-0.2, -0.15) is 0 Å². The van der Waals surface area contributed by atoms with Gasteiger partial charge < -0.3 is 10.2 Å². The highest BCUT2D eigenvalue weighted by Crippen LogP contribution is 2.22. The zero-order valence-electron chi connectivity index (χ0n) is 11.7. The summed E-state index contributed by atoms with van der Waals surface area (Å²) in [5.41, 5.74) is 1.27. The van der Waals surface area contributed by atoms with Crippen molar-refractivity contribution < 1.29 is 0 Å². The van der Waals surface area contributed by atoms with Crippen molar-refractivity contribution in [2.75, 3.05) is 18.0 Å². The van der Waals surface area contributed by atoms with Crippen LogP contribution in [0.2, 0.25) is 0 Å². The van der Waals surface area contributed by atoms with Crippen LogP contribution in [0.1, 0.15) is 45.1 Å². The van der Waals surface area contributed by atoms with Gasteiger partial charge in [0, 0.05) is 25.3 Å². The van der Waals surface area contributed by atoms with Crippen LogP contribution in [0.25, 0.3) is 0 Å². The van der Waals surface area contributed by atoms with Gasteiger partial charge in [-0.05, 0) is 50.8 Å². The van der Waals surface area contributed by atoms with Crippen LogP contribution in [0.5, 0.6) is 0 Å². The molecule has 0 bridgehead atoms. The quantitative estimate of drug-likeness (QED) is 0.811. The lowest BCUT2D eigenvalue weighted by Crippen LogP contribution is -2.37. The molecule has 1 aliphatic heterocycles. The van der Waals surface area contributed by atoms with Crippen molar-refractivity contribution in [2.45, 2.75) is 52.1 Å². The number of pyridine rings is 1. The Bertz CT molecular complexity index is 347. The minimum absolute atomic E-state index is 0.635. The maximum atomic E-state index is 4.62. The van der Waals surface area contributed by atoms with Crippen LogP contribution in [-0.2, 0) is 6.54 Å². The van der Waals surface area contributed by atoms with Gasteiger partial charge in [-0.25, -0.2) is 4.98 Å². The zero-order valence-corrected chi connectivity index (χ0v) is 11.7. The highest BCUT2D eigenvalue weighted by atomic mass is 15.2. The molecule has 2 rings (SSSR count). The smallest absolute Gasteiger partial charge is 0.128 e. The van der Waals surface area contributed by atoms with E-state index in [0.717, 1.165) is 25.5 Å². The number of nitrogens with zero attached hydrogens (tertiary/aromatic N) is 2. The lowest BCUT2D eigenvalue weighted by Gasteiger charge is -2.34. The third-order valence-electron chi connectivity index (χ3n) is 3.66. The van der Waals surface area contributed by atoms with E-state index in [1.807, 2.05) is 6.20 Å². The second-order valence-corrected chi connectivity index (χ2v) is 5.24. The number of hydrogen-bond donors (Lipinski definition) is 1. The fourth-order valence-corrected chi connectivity index (χ4v) is 2.54. The number of piperidine rings is 1. The van der Waals surface area contributed by atoms with Gasteiger partial charge in [0.25, 0.3) is 0 Å². The molecule has 3 heteroatoms. The molecule has 1 atom stereocenters. The topological polar surface area (TPSA) is 28.2 Å². The van der Waals surface area contributed by atoms with Gasteiger partial charge in [-0.3, -0.25) is 0 Å². The van der Waals surface area contributed by atoms with E-state index in [0.29, 0.717) is 6.04 Å². The lowest BCUT2D eigenvalue weighted by atomic mass is 10.0. The molecular formula is C15H25N3. The van der Waals surface area contributed by atoms with Gasteiger partial charge in [0.2, 0.25) is 0 Å². The molecular weight excluding hydrogens is 222 g/mol. The van der Waals surface area contributed by atoms with E-state index in [2.05, 4.69) is 41.2 Å². The average molecular weight is 247 g/mol. The maximum Gasteiger partial charge on any atom is 0.128 e. The van der Waals surface area contributed by atoms with E-state index in [1.165, 1.54) is 31.2 Å². The van der Waals surface area contributed by atoms with Crippen LogP contribution in [0.4, 0.5) is 5.82 Å². The van der Waals surface area contributed by atoms with Crippen molar-refractivity contribution in [1.29, 1.82) is 0 Å². The molecule has 1 aromatic heterocycles. The number of nitrogens with one attached hydrogen (secondary N) is 1. The summed E-state index contributed by atoms with van der Waals surface area (Å²) >= 11 is 0. The molecule has 0 spiro atoms. The molecule has 1 N–H and O–H groups in total. The highest BCUT2D eigenvalue weighted by Gasteiger charge is 2.19. The van der Waals surface area contributed by atoms with Crippen LogP contribution in [-0.4, -0.2) is 24.1 Å². The summed E-state index contributed by atoms with van der Waals surface area (Å²) in [7, 11) is 0. The predicted octanol–water partition coefficient (Wildman–Crippen LogP) is 2.96. The molecule has 1 aromatic rings. The lowest BCUT2D eigenvalue weighted by molar-refractivity contribution is 0.481. The Hall–Kier alpha value is -1.09. The molecule has 1 saturated heterocycles. The summed E-state index contributed by atoms with van der Waals surface area (Å²) in [5, 5.41) is 3.41. The largest absolute Gasteiger partial charge is 0.354 e. The molecule has 0 aliphatic carbocycles. The Labute approximate surface area is 111 Å². The van der Waals surface area contributed by atoms with Crippen molar-refractivity contribution in [3.63, 3.8) is 0 Å². The second kappa shape index (κ2) is 6.74. The standard InChI is InChI=1S/C15H25N3/c1-3-9-16-11-14-7-8-15(17-12-14)18-10-5-4-6-13(18)2/h7-8,12-13,16H,3-6,9-11H2,1-2H3. The third kappa shape index (κ3) is 3.45. The Morgan fingerprint density at radius 2 is 2.28 bits per heavy atom. The number of rotatable bonds is 5. The molecule has 100 valence electrons. The summed E-state index contributed by atoms with van der Waals surface area (Å²) in [5.74, 6) is 1.14. The fourth-order valence-electron chi connectivity index (χ4n) is 2.54. The minimum Gasteiger partial charge on any atom is -0.354 e. The summed E-state index contributed by atoms with van der Waals surface area (Å²) < 4.78 is 0. The van der Waals surface area contributed by atoms with Crippen molar-refractivity contribution in [3.8, 4) is 0 Å². The van der Waals surface area contributed by atoms with Crippen LogP contribution in [0.3, 0.4) is 0 Å². The Balaban J connectivity index is 1.94. The second-order valence-electron chi connectivity index (χ2n) is 5.24. The zero-order chi connectivity index (χ0) is 12.8. The van der Waals surface area contributed by atoms with E-state index in [1.54, 1.807) is 0 Å². The molecule has 1 aliphatic rings.